The summed E-state index contributed by atoms with van der Waals surface area (Å²) in [5.41, 5.74) is 18.2. The second-order valence-corrected chi connectivity index (χ2v) is 17.5. The summed E-state index contributed by atoms with van der Waals surface area (Å²) in [4.78, 5) is 4.59. The average Bonchev–Trinajstić information content (AvgIpc) is 3.63. The fraction of sp³-hybridized carbons (Fsp3) is 0.105. The molecule has 0 saturated carbocycles. The van der Waals surface area contributed by atoms with Crippen molar-refractivity contribution in [3.8, 4) is 55.6 Å². The van der Waals surface area contributed by atoms with Crippen LogP contribution in [0.3, 0.4) is 0 Å². The predicted molar refractivity (Wildman–Crippen MR) is 246 cm³/mol. The summed E-state index contributed by atoms with van der Waals surface area (Å²) in [6.07, 6.45) is 3.87. The lowest BCUT2D eigenvalue weighted by Gasteiger charge is -2.24. The van der Waals surface area contributed by atoms with Gasteiger partial charge in [-0.25, -0.2) is 0 Å². The van der Waals surface area contributed by atoms with Crippen LogP contribution in [-0.2, 0) is 10.8 Å². The molecule has 1 heterocycles. The summed E-state index contributed by atoms with van der Waals surface area (Å²) in [5, 5.41) is 10.0. The predicted octanol–water partition coefficient (Wildman–Crippen LogP) is 15.3. The molecule has 0 N–H and O–H groups in total. The lowest BCUT2D eigenvalue weighted by Crippen LogP contribution is -2.14. The molecule has 0 atom stereocenters. The number of nitrogens with zero attached hydrogens (tertiary/aromatic N) is 1. The molecule has 2 aliphatic carbocycles. The van der Waals surface area contributed by atoms with E-state index in [2.05, 4.69) is 190 Å². The molecule has 12 rings (SSSR count). The summed E-state index contributed by atoms with van der Waals surface area (Å²) in [7, 11) is 0. The van der Waals surface area contributed by atoms with Gasteiger partial charge in [0.2, 0.25) is 0 Å². The van der Waals surface area contributed by atoms with E-state index < -0.39 is 0 Å². The first-order valence-electron chi connectivity index (χ1n) is 20.5. The molecule has 0 unspecified atom stereocenters. The summed E-state index contributed by atoms with van der Waals surface area (Å²) in [6, 6.07) is 62.0. The fourth-order valence-electron chi connectivity index (χ4n) is 10.9. The maximum absolute atomic E-state index is 4.59. The normalized spacial score (nSPS) is 14.5. The molecule has 1 nitrogen and oxygen atoms in total. The van der Waals surface area contributed by atoms with Crippen molar-refractivity contribution < 1.29 is 0 Å². The SMILES string of the molecule is CC1(C)c2ccccc2-c2cc(-c3c4ccccc4c(-c4ccc5c(c4)C(C)(C)c4ccccc4-5)c4cc5c(-c6cccnc6)cc6ccccc6c5cc34)ccc21. The van der Waals surface area contributed by atoms with E-state index in [0.717, 1.165) is 5.56 Å². The molecular weight excluding hydrogens is 699 g/mol. The highest BCUT2D eigenvalue weighted by Gasteiger charge is 2.37. The van der Waals surface area contributed by atoms with E-state index in [-0.39, 0.29) is 10.8 Å². The van der Waals surface area contributed by atoms with Crippen molar-refractivity contribution in [1.82, 2.24) is 4.98 Å². The summed E-state index contributed by atoms with van der Waals surface area (Å²) in [6.45, 7) is 9.49. The van der Waals surface area contributed by atoms with E-state index in [1.807, 2.05) is 18.5 Å². The van der Waals surface area contributed by atoms with Gasteiger partial charge in [0.25, 0.3) is 0 Å². The van der Waals surface area contributed by atoms with Gasteiger partial charge in [-0.05, 0) is 152 Å². The third-order valence-corrected chi connectivity index (χ3v) is 13.7. The lowest BCUT2D eigenvalue weighted by atomic mass is 9.79. The van der Waals surface area contributed by atoms with Gasteiger partial charge in [-0.1, -0.05) is 155 Å². The number of hydrogen-bond donors (Lipinski definition) is 0. The van der Waals surface area contributed by atoms with Gasteiger partial charge in [-0.2, -0.15) is 0 Å². The molecule has 0 spiro atoms. The van der Waals surface area contributed by atoms with Gasteiger partial charge in [0, 0.05) is 28.8 Å². The zero-order valence-electron chi connectivity index (χ0n) is 33.2. The molecule has 0 saturated heterocycles. The molecule has 0 aliphatic heterocycles. The Bertz CT molecular complexity index is 3380. The van der Waals surface area contributed by atoms with E-state index in [1.54, 1.807) is 0 Å². The van der Waals surface area contributed by atoms with Gasteiger partial charge >= 0.3 is 0 Å². The van der Waals surface area contributed by atoms with Crippen LogP contribution in [0.15, 0.2) is 176 Å². The minimum absolute atomic E-state index is 0.0583. The highest BCUT2D eigenvalue weighted by molar-refractivity contribution is 6.27. The van der Waals surface area contributed by atoms with Crippen LogP contribution in [0.5, 0.6) is 0 Å². The maximum Gasteiger partial charge on any atom is 0.0346 e. The second kappa shape index (κ2) is 11.9. The van der Waals surface area contributed by atoms with Crippen molar-refractivity contribution in [2.45, 2.75) is 38.5 Å². The van der Waals surface area contributed by atoms with Gasteiger partial charge in [-0.15, -0.1) is 0 Å². The van der Waals surface area contributed by atoms with Gasteiger partial charge in [0.05, 0.1) is 0 Å². The Kier molecular flexibility index (Phi) is 6.81. The number of rotatable bonds is 3. The van der Waals surface area contributed by atoms with Crippen molar-refractivity contribution in [2.24, 2.45) is 0 Å². The van der Waals surface area contributed by atoms with Crippen LogP contribution in [0.25, 0.3) is 98.7 Å². The Morgan fingerprint density at radius 1 is 0.328 bits per heavy atom. The van der Waals surface area contributed by atoms with Crippen LogP contribution in [0.2, 0.25) is 0 Å². The first-order chi connectivity index (χ1) is 28.3. The number of fused-ring (bicyclic) bond motifs is 11. The van der Waals surface area contributed by atoms with Gasteiger partial charge in [-0.3, -0.25) is 4.98 Å². The molecule has 0 bridgehead atoms. The molecule has 0 fully saturated rings. The Morgan fingerprint density at radius 3 is 1.59 bits per heavy atom. The van der Waals surface area contributed by atoms with Gasteiger partial charge in [0.15, 0.2) is 0 Å². The molecule has 9 aromatic carbocycles. The van der Waals surface area contributed by atoms with E-state index in [4.69, 9.17) is 0 Å². The summed E-state index contributed by atoms with van der Waals surface area (Å²) < 4.78 is 0. The number of pyridine rings is 1. The van der Waals surface area contributed by atoms with E-state index in [0.29, 0.717) is 0 Å². The van der Waals surface area contributed by atoms with Crippen molar-refractivity contribution in [1.29, 1.82) is 0 Å². The van der Waals surface area contributed by atoms with Crippen LogP contribution in [0.4, 0.5) is 0 Å². The zero-order chi connectivity index (χ0) is 38.9. The highest BCUT2D eigenvalue weighted by Crippen LogP contribution is 2.54. The highest BCUT2D eigenvalue weighted by atomic mass is 14.6. The van der Waals surface area contributed by atoms with Crippen molar-refractivity contribution in [3.63, 3.8) is 0 Å². The first kappa shape index (κ1) is 33.3. The topological polar surface area (TPSA) is 12.9 Å². The maximum atomic E-state index is 4.59. The Balaban J connectivity index is 1.24. The molecule has 0 amide bonds. The number of hydrogen-bond acceptors (Lipinski definition) is 1. The third-order valence-electron chi connectivity index (χ3n) is 13.7. The summed E-state index contributed by atoms with van der Waals surface area (Å²) in [5.74, 6) is 0. The fourth-order valence-corrected chi connectivity index (χ4v) is 10.9. The van der Waals surface area contributed by atoms with Crippen LogP contribution in [0, 0.1) is 0 Å². The van der Waals surface area contributed by atoms with Crippen LogP contribution in [0.1, 0.15) is 49.9 Å². The molecule has 58 heavy (non-hydrogen) atoms. The van der Waals surface area contributed by atoms with Crippen molar-refractivity contribution in [2.75, 3.05) is 0 Å². The van der Waals surface area contributed by atoms with Crippen LogP contribution >= 0.6 is 0 Å². The van der Waals surface area contributed by atoms with E-state index in [1.165, 1.54) is 115 Å². The van der Waals surface area contributed by atoms with Gasteiger partial charge < -0.3 is 0 Å². The van der Waals surface area contributed by atoms with E-state index >= 15 is 0 Å². The zero-order valence-corrected chi connectivity index (χ0v) is 33.2. The molecule has 2 aliphatic rings. The Morgan fingerprint density at radius 2 is 0.879 bits per heavy atom. The number of aromatic nitrogens is 1. The molecule has 1 heteroatoms. The molecule has 274 valence electrons. The minimum atomic E-state index is -0.110. The molecule has 0 radical (unpaired) electrons. The van der Waals surface area contributed by atoms with Crippen molar-refractivity contribution in [3.05, 3.63) is 198 Å². The standard InChI is InChI=1S/C57H41N/c1-56(2)51-22-12-10-18-40(51)47-29-35(24-26-52(47)56)54-42-19-7-8-20-43(42)55(36-23-25-41-39-17-9-11-21-50(39)57(3,4)53(41)30-36)49-32-46-44(37-15-13-27-58-33-37)28-34-14-5-6-16-38(34)45(46)31-48(49)54/h5-33H,1-4H3. The molecular formula is C57H41N. The quantitative estimate of drug-likeness (QED) is 0.130. The Labute approximate surface area is 339 Å². The lowest BCUT2D eigenvalue weighted by molar-refractivity contribution is 0.660. The first-order valence-corrected chi connectivity index (χ1v) is 20.5. The molecule has 10 aromatic rings. The van der Waals surface area contributed by atoms with Crippen LogP contribution < -0.4 is 0 Å². The average molecular weight is 740 g/mol. The van der Waals surface area contributed by atoms with Crippen molar-refractivity contribution >= 4 is 43.1 Å². The monoisotopic (exact) mass is 739 g/mol. The van der Waals surface area contributed by atoms with Crippen LogP contribution in [-0.4, -0.2) is 4.98 Å². The Hall–Kier alpha value is -6.83. The minimum Gasteiger partial charge on any atom is -0.264 e. The van der Waals surface area contributed by atoms with E-state index in [9.17, 15) is 0 Å². The van der Waals surface area contributed by atoms with Gasteiger partial charge in [0.1, 0.15) is 0 Å². The number of benzene rings is 9. The molecule has 1 aromatic heterocycles. The largest absolute Gasteiger partial charge is 0.264 e. The smallest absolute Gasteiger partial charge is 0.0346 e. The second-order valence-electron chi connectivity index (χ2n) is 17.5. The summed E-state index contributed by atoms with van der Waals surface area (Å²) >= 11 is 0. The third kappa shape index (κ3) is 4.50.